The molecule has 138 valence electrons. The Balaban J connectivity index is 1.70. The SMILES string of the molecule is O=[N+]([O-])c1cc(C=C2CCCN=C2c2cccnc2)ccc1N1CCCC1. The van der Waals surface area contributed by atoms with E-state index in [0.717, 1.165) is 73.4 Å². The molecular weight excluding hydrogens is 340 g/mol. The molecule has 2 aromatic rings. The van der Waals surface area contributed by atoms with Crippen molar-refractivity contribution in [2.45, 2.75) is 25.7 Å². The zero-order chi connectivity index (χ0) is 18.6. The lowest BCUT2D eigenvalue weighted by molar-refractivity contribution is -0.384. The summed E-state index contributed by atoms with van der Waals surface area (Å²) in [4.78, 5) is 22.3. The number of hydrogen-bond acceptors (Lipinski definition) is 5. The number of nitro benzene ring substituents is 1. The third kappa shape index (κ3) is 3.74. The summed E-state index contributed by atoms with van der Waals surface area (Å²) in [6.07, 6.45) is 9.68. The van der Waals surface area contributed by atoms with Gasteiger partial charge in [0.2, 0.25) is 0 Å². The molecule has 2 aliphatic rings. The van der Waals surface area contributed by atoms with Crippen molar-refractivity contribution in [1.82, 2.24) is 4.98 Å². The molecule has 1 fully saturated rings. The first kappa shape index (κ1) is 17.4. The fraction of sp³-hybridized carbons (Fsp3) is 0.333. The molecule has 0 saturated carbocycles. The van der Waals surface area contributed by atoms with E-state index in [-0.39, 0.29) is 10.6 Å². The Labute approximate surface area is 158 Å². The number of aromatic nitrogens is 1. The van der Waals surface area contributed by atoms with Gasteiger partial charge in [-0.3, -0.25) is 20.1 Å². The second-order valence-corrected chi connectivity index (χ2v) is 6.94. The van der Waals surface area contributed by atoms with E-state index >= 15 is 0 Å². The largest absolute Gasteiger partial charge is 0.366 e. The summed E-state index contributed by atoms with van der Waals surface area (Å²) in [5.74, 6) is 0. The van der Waals surface area contributed by atoms with Gasteiger partial charge in [-0.05, 0) is 61.1 Å². The van der Waals surface area contributed by atoms with Crippen LogP contribution in [0.2, 0.25) is 0 Å². The molecule has 6 nitrogen and oxygen atoms in total. The maximum absolute atomic E-state index is 11.6. The van der Waals surface area contributed by atoms with Gasteiger partial charge in [0.1, 0.15) is 5.69 Å². The number of hydrogen-bond donors (Lipinski definition) is 0. The summed E-state index contributed by atoms with van der Waals surface area (Å²) in [6.45, 7) is 2.58. The third-order valence-electron chi connectivity index (χ3n) is 5.10. The van der Waals surface area contributed by atoms with E-state index in [0.29, 0.717) is 0 Å². The molecule has 0 radical (unpaired) electrons. The van der Waals surface area contributed by atoms with E-state index in [9.17, 15) is 10.1 Å². The molecule has 0 unspecified atom stereocenters. The zero-order valence-electron chi connectivity index (χ0n) is 15.2. The van der Waals surface area contributed by atoms with Crippen molar-refractivity contribution in [2.24, 2.45) is 4.99 Å². The van der Waals surface area contributed by atoms with Crippen molar-refractivity contribution in [3.8, 4) is 0 Å². The van der Waals surface area contributed by atoms with Crippen molar-refractivity contribution >= 4 is 23.2 Å². The second-order valence-electron chi connectivity index (χ2n) is 6.94. The first-order valence-corrected chi connectivity index (χ1v) is 9.41. The molecule has 3 heterocycles. The molecule has 0 atom stereocenters. The van der Waals surface area contributed by atoms with E-state index in [1.54, 1.807) is 12.3 Å². The van der Waals surface area contributed by atoms with E-state index in [1.165, 1.54) is 0 Å². The van der Waals surface area contributed by atoms with Gasteiger partial charge in [0, 0.05) is 43.7 Å². The maximum atomic E-state index is 11.6. The second kappa shape index (κ2) is 7.70. The fourth-order valence-corrected chi connectivity index (χ4v) is 3.80. The highest BCUT2D eigenvalue weighted by atomic mass is 16.6. The van der Waals surface area contributed by atoms with Crippen LogP contribution in [-0.2, 0) is 0 Å². The van der Waals surface area contributed by atoms with Gasteiger partial charge >= 0.3 is 0 Å². The number of aliphatic imine (C=N–C) groups is 1. The van der Waals surface area contributed by atoms with Crippen LogP contribution in [0, 0.1) is 10.1 Å². The fourth-order valence-electron chi connectivity index (χ4n) is 3.80. The van der Waals surface area contributed by atoms with Crippen LogP contribution in [0.4, 0.5) is 11.4 Å². The summed E-state index contributed by atoms with van der Waals surface area (Å²) in [6, 6.07) is 9.46. The minimum absolute atomic E-state index is 0.182. The van der Waals surface area contributed by atoms with Gasteiger partial charge < -0.3 is 4.90 Å². The highest BCUT2D eigenvalue weighted by Crippen LogP contribution is 2.33. The van der Waals surface area contributed by atoms with E-state index < -0.39 is 0 Å². The predicted octanol–water partition coefficient (Wildman–Crippen LogP) is 4.26. The van der Waals surface area contributed by atoms with Crippen LogP contribution in [0.25, 0.3) is 6.08 Å². The smallest absolute Gasteiger partial charge is 0.293 e. The summed E-state index contributed by atoms with van der Waals surface area (Å²) in [7, 11) is 0. The van der Waals surface area contributed by atoms with Gasteiger partial charge in [-0.25, -0.2) is 0 Å². The van der Waals surface area contributed by atoms with E-state index in [1.807, 2.05) is 36.5 Å². The van der Waals surface area contributed by atoms with Gasteiger partial charge in [0.25, 0.3) is 5.69 Å². The molecule has 0 spiro atoms. The lowest BCUT2D eigenvalue weighted by Crippen LogP contribution is -2.18. The number of pyridine rings is 1. The van der Waals surface area contributed by atoms with Crippen molar-refractivity contribution in [3.63, 3.8) is 0 Å². The highest BCUT2D eigenvalue weighted by molar-refractivity contribution is 6.15. The molecule has 1 aromatic heterocycles. The van der Waals surface area contributed by atoms with Crippen LogP contribution in [0.3, 0.4) is 0 Å². The Morgan fingerprint density at radius 3 is 2.74 bits per heavy atom. The monoisotopic (exact) mass is 362 g/mol. The van der Waals surface area contributed by atoms with Crippen LogP contribution < -0.4 is 4.90 Å². The van der Waals surface area contributed by atoms with Crippen LogP contribution in [0.1, 0.15) is 36.8 Å². The Morgan fingerprint density at radius 1 is 1.15 bits per heavy atom. The molecule has 1 aromatic carbocycles. The Kier molecular flexibility index (Phi) is 4.96. The molecule has 1 saturated heterocycles. The molecule has 0 aliphatic carbocycles. The minimum atomic E-state index is -0.271. The number of allylic oxidation sites excluding steroid dienone is 1. The zero-order valence-corrected chi connectivity index (χ0v) is 15.2. The molecule has 0 N–H and O–H groups in total. The topological polar surface area (TPSA) is 71.6 Å². The van der Waals surface area contributed by atoms with Crippen LogP contribution >= 0.6 is 0 Å². The van der Waals surface area contributed by atoms with Crippen molar-refractivity contribution < 1.29 is 4.92 Å². The Bertz CT molecular complexity index is 900. The molecule has 0 bridgehead atoms. The average Bonchev–Trinajstić information content (AvgIpc) is 3.24. The normalized spacial score (nSPS) is 18.6. The molecule has 0 amide bonds. The highest BCUT2D eigenvalue weighted by Gasteiger charge is 2.22. The molecule has 4 rings (SSSR count). The van der Waals surface area contributed by atoms with Gasteiger partial charge in [0.15, 0.2) is 0 Å². The maximum Gasteiger partial charge on any atom is 0.293 e. The number of benzene rings is 1. The minimum Gasteiger partial charge on any atom is -0.366 e. The van der Waals surface area contributed by atoms with Crippen LogP contribution in [0.15, 0.2) is 53.3 Å². The summed E-state index contributed by atoms with van der Waals surface area (Å²) in [5.41, 5.74) is 4.80. The van der Waals surface area contributed by atoms with Gasteiger partial charge in [0.05, 0.1) is 10.6 Å². The lowest BCUT2D eigenvalue weighted by atomic mass is 9.94. The first-order chi connectivity index (χ1) is 13.2. The molecular formula is C21H22N4O2. The summed E-state index contributed by atoms with van der Waals surface area (Å²) >= 11 is 0. The van der Waals surface area contributed by atoms with Gasteiger partial charge in [-0.2, -0.15) is 0 Å². The van der Waals surface area contributed by atoms with E-state index in [4.69, 9.17) is 0 Å². The van der Waals surface area contributed by atoms with Crippen molar-refractivity contribution in [2.75, 3.05) is 24.5 Å². The van der Waals surface area contributed by atoms with Gasteiger partial charge in [-0.1, -0.05) is 6.07 Å². The molecule has 27 heavy (non-hydrogen) atoms. The van der Waals surface area contributed by atoms with Crippen LogP contribution in [-0.4, -0.2) is 35.3 Å². The predicted molar refractivity (Wildman–Crippen MR) is 107 cm³/mol. The molecule has 6 heteroatoms. The van der Waals surface area contributed by atoms with Crippen molar-refractivity contribution in [3.05, 3.63) is 69.5 Å². The summed E-state index contributed by atoms with van der Waals surface area (Å²) in [5, 5.41) is 11.6. The standard InChI is InChI=1S/C21H22N4O2/c26-25(27)20-14-16(7-8-19(20)24-11-1-2-12-24)13-17-5-4-10-23-21(17)18-6-3-9-22-15-18/h3,6-9,13-15H,1-2,4-5,10-12H2. The number of nitrogens with zero attached hydrogens (tertiary/aromatic N) is 4. The lowest BCUT2D eigenvalue weighted by Gasteiger charge is -2.18. The number of nitro groups is 1. The third-order valence-corrected chi connectivity index (χ3v) is 5.10. The quantitative estimate of drug-likeness (QED) is 0.602. The average molecular weight is 362 g/mol. The summed E-state index contributed by atoms with van der Waals surface area (Å²) < 4.78 is 0. The first-order valence-electron chi connectivity index (χ1n) is 9.41. The Hall–Kier alpha value is -3.02. The van der Waals surface area contributed by atoms with E-state index in [2.05, 4.69) is 14.9 Å². The molecule has 2 aliphatic heterocycles. The Morgan fingerprint density at radius 2 is 2.00 bits per heavy atom. The number of anilines is 1. The van der Waals surface area contributed by atoms with Crippen molar-refractivity contribution in [1.29, 1.82) is 0 Å². The van der Waals surface area contributed by atoms with Crippen LogP contribution in [0.5, 0.6) is 0 Å². The number of rotatable bonds is 4. The van der Waals surface area contributed by atoms with Gasteiger partial charge in [-0.15, -0.1) is 0 Å².